The maximum absolute atomic E-state index is 11.3. The molecule has 102 valence electrons. The average molecular weight is 298 g/mol. The third-order valence-corrected chi connectivity index (χ3v) is 3.72. The highest BCUT2D eigenvalue weighted by Gasteiger charge is 2.14. The molecular formula is C13H16ClN3OS. The lowest BCUT2D eigenvalue weighted by Gasteiger charge is -2.19. The summed E-state index contributed by atoms with van der Waals surface area (Å²) in [6.07, 6.45) is 0.530. The zero-order chi connectivity index (χ0) is 13.8. The van der Waals surface area contributed by atoms with Gasteiger partial charge in [-0.15, -0.1) is 0 Å². The van der Waals surface area contributed by atoms with E-state index >= 15 is 0 Å². The monoisotopic (exact) mass is 297 g/mol. The van der Waals surface area contributed by atoms with Crippen LogP contribution >= 0.6 is 23.8 Å². The number of carbonyl (C=O) groups excluding carboxylic acids is 1. The quantitative estimate of drug-likeness (QED) is 0.826. The minimum absolute atomic E-state index is 0.109. The van der Waals surface area contributed by atoms with Crippen LogP contribution in [0.4, 0.5) is 0 Å². The Morgan fingerprint density at radius 3 is 2.95 bits per heavy atom. The predicted molar refractivity (Wildman–Crippen MR) is 80.2 cm³/mol. The Balaban J connectivity index is 2.06. The van der Waals surface area contributed by atoms with Crippen molar-refractivity contribution in [2.75, 3.05) is 19.6 Å². The molecule has 1 heterocycles. The molecule has 0 aliphatic carbocycles. The minimum Gasteiger partial charge on any atom is -0.389 e. The van der Waals surface area contributed by atoms with Gasteiger partial charge in [0.05, 0.1) is 0 Å². The molecule has 0 aromatic heterocycles. The lowest BCUT2D eigenvalue weighted by atomic mass is 10.1. The molecule has 1 amide bonds. The number of thiocarbonyl (C=S) groups is 1. The van der Waals surface area contributed by atoms with Crippen molar-refractivity contribution in [1.29, 1.82) is 0 Å². The first-order valence-corrected chi connectivity index (χ1v) is 6.92. The number of carbonyl (C=O) groups is 1. The van der Waals surface area contributed by atoms with Crippen LogP contribution in [0.5, 0.6) is 0 Å². The van der Waals surface area contributed by atoms with Gasteiger partial charge in [-0.25, -0.2) is 0 Å². The van der Waals surface area contributed by atoms with Gasteiger partial charge in [0.15, 0.2) is 0 Å². The van der Waals surface area contributed by atoms with Crippen molar-refractivity contribution in [3.8, 4) is 0 Å². The molecule has 1 aliphatic heterocycles. The van der Waals surface area contributed by atoms with Crippen molar-refractivity contribution < 1.29 is 4.79 Å². The first-order chi connectivity index (χ1) is 9.06. The van der Waals surface area contributed by atoms with Crippen LogP contribution in [0.15, 0.2) is 18.2 Å². The summed E-state index contributed by atoms with van der Waals surface area (Å²) < 4.78 is 0. The first kappa shape index (κ1) is 14.2. The van der Waals surface area contributed by atoms with Gasteiger partial charge in [-0.3, -0.25) is 9.69 Å². The van der Waals surface area contributed by atoms with Crippen LogP contribution in [-0.4, -0.2) is 35.4 Å². The topological polar surface area (TPSA) is 58.4 Å². The second-order valence-corrected chi connectivity index (χ2v) is 5.39. The molecule has 3 N–H and O–H groups in total. The fraction of sp³-hybridized carbons (Fsp3) is 0.385. The summed E-state index contributed by atoms with van der Waals surface area (Å²) in [7, 11) is 0. The van der Waals surface area contributed by atoms with Gasteiger partial charge in [-0.05, 0) is 11.6 Å². The van der Waals surface area contributed by atoms with Crippen molar-refractivity contribution in [2.24, 2.45) is 5.73 Å². The average Bonchev–Trinajstić information content (AvgIpc) is 2.57. The number of hydrogen-bond acceptors (Lipinski definition) is 3. The summed E-state index contributed by atoms with van der Waals surface area (Å²) in [6.45, 7) is 2.99. The Hall–Kier alpha value is -1.17. The van der Waals surface area contributed by atoms with E-state index < -0.39 is 0 Å². The van der Waals surface area contributed by atoms with Crippen molar-refractivity contribution in [3.63, 3.8) is 0 Å². The van der Waals surface area contributed by atoms with E-state index in [9.17, 15) is 4.79 Å². The summed E-state index contributed by atoms with van der Waals surface area (Å²) >= 11 is 11.2. The molecule has 1 fully saturated rings. The molecule has 4 nitrogen and oxygen atoms in total. The summed E-state index contributed by atoms with van der Waals surface area (Å²) in [4.78, 5) is 13.8. The smallest absolute Gasteiger partial charge is 0.221 e. The Morgan fingerprint density at radius 2 is 2.26 bits per heavy atom. The number of nitrogens with zero attached hydrogens (tertiary/aromatic N) is 1. The largest absolute Gasteiger partial charge is 0.389 e. The molecule has 1 aliphatic rings. The number of nitrogens with two attached hydrogens (primary N) is 1. The Bertz CT molecular complexity index is 507. The van der Waals surface area contributed by atoms with Crippen LogP contribution in [0.25, 0.3) is 0 Å². The van der Waals surface area contributed by atoms with Gasteiger partial charge < -0.3 is 11.1 Å². The van der Waals surface area contributed by atoms with E-state index in [2.05, 4.69) is 10.2 Å². The van der Waals surface area contributed by atoms with Crippen LogP contribution < -0.4 is 11.1 Å². The van der Waals surface area contributed by atoms with Crippen LogP contribution in [0.1, 0.15) is 17.5 Å². The SMILES string of the molecule is NC(=S)c1ccc(CN2CCNC(=O)CC2)c(Cl)c1. The number of rotatable bonds is 3. The molecule has 0 radical (unpaired) electrons. The van der Waals surface area contributed by atoms with Crippen LogP contribution in [0, 0.1) is 0 Å². The molecule has 0 atom stereocenters. The van der Waals surface area contributed by atoms with Gasteiger partial charge in [0.2, 0.25) is 5.91 Å². The third kappa shape index (κ3) is 3.89. The van der Waals surface area contributed by atoms with E-state index in [1.165, 1.54) is 0 Å². The predicted octanol–water partition coefficient (Wildman–Crippen LogP) is 1.30. The van der Waals surface area contributed by atoms with Gasteiger partial charge in [0.25, 0.3) is 0 Å². The lowest BCUT2D eigenvalue weighted by molar-refractivity contribution is -0.120. The van der Waals surface area contributed by atoms with E-state index in [-0.39, 0.29) is 5.91 Å². The zero-order valence-electron chi connectivity index (χ0n) is 10.5. The molecule has 1 saturated heterocycles. The van der Waals surface area contributed by atoms with E-state index in [0.717, 1.165) is 30.8 Å². The van der Waals surface area contributed by atoms with Crippen molar-refractivity contribution in [2.45, 2.75) is 13.0 Å². The molecule has 0 bridgehead atoms. The summed E-state index contributed by atoms with van der Waals surface area (Å²) in [5, 5.41) is 3.51. The first-order valence-electron chi connectivity index (χ1n) is 6.13. The molecule has 6 heteroatoms. The van der Waals surface area contributed by atoms with Gasteiger partial charge in [0, 0.05) is 43.2 Å². The van der Waals surface area contributed by atoms with Crippen LogP contribution in [-0.2, 0) is 11.3 Å². The van der Waals surface area contributed by atoms with Gasteiger partial charge >= 0.3 is 0 Å². The summed E-state index contributed by atoms with van der Waals surface area (Å²) in [6, 6.07) is 5.61. The molecule has 0 saturated carbocycles. The molecule has 0 spiro atoms. The van der Waals surface area contributed by atoms with Gasteiger partial charge in [-0.1, -0.05) is 36.0 Å². The second kappa shape index (κ2) is 6.32. The van der Waals surface area contributed by atoms with Crippen molar-refractivity contribution in [3.05, 3.63) is 34.3 Å². The Labute approximate surface area is 122 Å². The molecule has 1 aromatic carbocycles. The minimum atomic E-state index is 0.109. The molecule has 2 rings (SSSR count). The normalized spacial score (nSPS) is 16.8. The highest BCUT2D eigenvalue weighted by atomic mass is 35.5. The Kier molecular flexibility index (Phi) is 4.74. The van der Waals surface area contributed by atoms with Crippen LogP contribution in [0.2, 0.25) is 5.02 Å². The number of hydrogen-bond donors (Lipinski definition) is 2. The maximum atomic E-state index is 11.3. The fourth-order valence-electron chi connectivity index (χ4n) is 2.04. The Morgan fingerprint density at radius 1 is 1.47 bits per heavy atom. The van der Waals surface area contributed by atoms with Crippen molar-refractivity contribution in [1.82, 2.24) is 10.2 Å². The molecule has 19 heavy (non-hydrogen) atoms. The van der Waals surface area contributed by atoms with E-state index in [0.29, 0.717) is 23.0 Å². The number of amides is 1. The number of benzene rings is 1. The highest BCUT2D eigenvalue weighted by Crippen LogP contribution is 2.20. The molecular weight excluding hydrogens is 282 g/mol. The van der Waals surface area contributed by atoms with Gasteiger partial charge in [0.1, 0.15) is 4.99 Å². The van der Waals surface area contributed by atoms with E-state index in [1.54, 1.807) is 6.07 Å². The standard InChI is InChI=1S/C13H16ClN3OS/c14-11-7-9(13(15)19)1-2-10(11)8-17-5-3-12(18)16-4-6-17/h1-2,7H,3-6,8H2,(H2,15,19)(H,16,18). The van der Waals surface area contributed by atoms with E-state index in [1.807, 2.05) is 12.1 Å². The highest BCUT2D eigenvalue weighted by molar-refractivity contribution is 7.80. The molecule has 0 unspecified atom stereocenters. The summed E-state index contributed by atoms with van der Waals surface area (Å²) in [5.74, 6) is 0.109. The number of nitrogens with one attached hydrogen (secondary N) is 1. The fourth-order valence-corrected chi connectivity index (χ4v) is 2.41. The maximum Gasteiger partial charge on any atom is 0.221 e. The van der Waals surface area contributed by atoms with Gasteiger partial charge in [-0.2, -0.15) is 0 Å². The van der Waals surface area contributed by atoms with E-state index in [4.69, 9.17) is 29.6 Å². The van der Waals surface area contributed by atoms with Crippen LogP contribution in [0.3, 0.4) is 0 Å². The lowest BCUT2D eigenvalue weighted by Crippen LogP contribution is -2.28. The number of halogens is 1. The zero-order valence-corrected chi connectivity index (χ0v) is 12.1. The van der Waals surface area contributed by atoms with Crippen molar-refractivity contribution >= 4 is 34.7 Å². The molecule has 1 aromatic rings. The second-order valence-electron chi connectivity index (χ2n) is 4.55. The third-order valence-electron chi connectivity index (χ3n) is 3.14. The summed E-state index contributed by atoms with van der Waals surface area (Å²) in [5.41, 5.74) is 7.37.